The van der Waals surface area contributed by atoms with Gasteiger partial charge in [0.2, 0.25) is 5.91 Å². The van der Waals surface area contributed by atoms with E-state index in [9.17, 15) is 9.59 Å². The van der Waals surface area contributed by atoms with Crippen LogP contribution in [0.1, 0.15) is 18.3 Å². The molecule has 0 aliphatic heterocycles. The fourth-order valence-electron chi connectivity index (χ4n) is 3.75. The summed E-state index contributed by atoms with van der Waals surface area (Å²) in [6.07, 6.45) is 1.69. The number of para-hydroxylation sites is 1. The highest BCUT2D eigenvalue weighted by molar-refractivity contribution is 5.92. The van der Waals surface area contributed by atoms with E-state index in [-0.39, 0.29) is 18.0 Å². The Labute approximate surface area is 179 Å². The van der Waals surface area contributed by atoms with E-state index in [0.717, 1.165) is 22.5 Å². The van der Waals surface area contributed by atoms with Crippen molar-refractivity contribution in [2.45, 2.75) is 27.3 Å². The molecule has 7 nitrogen and oxygen atoms in total. The van der Waals surface area contributed by atoms with Crippen LogP contribution in [0.5, 0.6) is 5.75 Å². The first-order valence-corrected chi connectivity index (χ1v) is 10.2. The van der Waals surface area contributed by atoms with Gasteiger partial charge in [-0.3, -0.25) is 9.59 Å². The summed E-state index contributed by atoms with van der Waals surface area (Å²) in [6, 6.07) is 16.5. The SMILES string of the molecule is CCOc1ccc(NC(=O)Cn2c(C)c3cnn(-c4ccccc4)c(=O)c3c2C)cc1. The van der Waals surface area contributed by atoms with Gasteiger partial charge in [-0.05, 0) is 57.2 Å². The molecular formula is C24H24N4O3. The molecule has 0 aliphatic carbocycles. The van der Waals surface area contributed by atoms with Crippen LogP contribution in [0, 0.1) is 13.8 Å². The van der Waals surface area contributed by atoms with Crippen LogP contribution in [0.3, 0.4) is 0 Å². The van der Waals surface area contributed by atoms with Crippen molar-refractivity contribution in [2.75, 3.05) is 11.9 Å². The quantitative estimate of drug-likeness (QED) is 0.518. The van der Waals surface area contributed by atoms with Gasteiger partial charge in [0.05, 0.1) is 23.9 Å². The van der Waals surface area contributed by atoms with Gasteiger partial charge in [0.15, 0.2) is 0 Å². The van der Waals surface area contributed by atoms with Crippen LogP contribution < -0.4 is 15.6 Å². The van der Waals surface area contributed by atoms with Gasteiger partial charge in [-0.25, -0.2) is 0 Å². The summed E-state index contributed by atoms with van der Waals surface area (Å²) in [5.74, 6) is 0.582. The molecule has 4 rings (SSSR count). The lowest BCUT2D eigenvalue weighted by Crippen LogP contribution is -2.22. The zero-order valence-corrected chi connectivity index (χ0v) is 17.8. The Morgan fingerprint density at radius 2 is 1.74 bits per heavy atom. The largest absolute Gasteiger partial charge is 0.494 e. The number of rotatable bonds is 6. The average Bonchev–Trinajstić information content (AvgIpc) is 3.01. The van der Waals surface area contributed by atoms with Gasteiger partial charge >= 0.3 is 0 Å². The Morgan fingerprint density at radius 1 is 1.03 bits per heavy atom. The van der Waals surface area contributed by atoms with E-state index in [4.69, 9.17) is 4.74 Å². The van der Waals surface area contributed by atoms with Gasteiger partial charge in [-0.2, -0.15) is 9.78 Å². The number of amides is 1. The van der Waals surface area contributed by atoms with Crippen LogP contribution in [0.2, 0.25) is 0 Å². The van der Waals surface area contributed by atoms with Crippen molar-refractivity contribution in [3.8, 4) is 11.4 Å². The number of anilines is 1. The molecular weight excluding hydrogens is 392 g/mol. The smallest absolute Gasteiger partial charge is 0.281 e. The van der Waals surface area contributed by atoms with E-state index < -0.39 is 0 Å². The van der Waals surface area contributed by atoms with Crippen molar-refractivity contribution in [3.63, 3.8) is 0 Å². The molecule has 0 spiro atoms. The van der Waals surface area contributed by atoms with Crippen molar-refractivity contribution in [3.05, 3.63) is 82.5 Å². The second-order valence-electron chi connectivity index (χ2n) is 7.25. The van der Waals surface area contributed by atoms with E-state index >= 15 is 0 Å². The highest BCUT2D eigenvalue weighted by atomic mass is 16.5. The molecule has 2 aromatic carbocycles. The molecule has 0 saturated heterocycles. The molecule has 158 valence electrons. The third-order valence-corrected chi connectivity index (χ3v) is 5.29. The van der Waals surface area contributed by atoms with E-state index in [1.54, 1.807) is 18.3 Å². The normalized spacial score (nSPS) is 10.9. The molecule has 4 aromatic rings. The van der Waals surface area contributed by atoms with E-state index in [0.29, 0.717) is 23.4 Å². The Bertz CT molecular complexity index is 1290. The van der Waals surface area contributed by atoms with Crippen LogP contribution in [0.4, 0.5) is 5.69 Å². The number of aryl methyl sites for hydroxylation is 2. The maximum absolute atomic E-state index is 13.2. The van der Waals surface area contributed by atoms with Crippen LogP contribution in [0.25, 0.3) is 16.5 Å². The lowest BCUT2D eigenvalue weighted by Gasteiger charge is -2.10. The van der Waals surface area contributed by atoms with Crippen molar-refractivity contribution in [1.29, 1.82) is 0 Å². The summed E-state index contributed by atoms with van der Waals surface area (Å²) < 4.78 is 8.67. The summed E-state index contributed by atoms with van der Waals surface area (Å²) in [5.41, 5.74) is 2.77. The average molecular weight is 416 g/mol. The molecule has 31 heavy (non-hydrogen) atoms. The summed E-state index contributed by atoms with van der Waals surface area (Å²) in [4.78, 5) is 25.8. The number of carbonyl (C=O) groups excluding carboxylic acids is 1. The number of nitrogens with zero attached hydrogens (tertiary/aromatic N) is 3. The molecule has 0 unspecified atom stereocenters. The first-order valence-electron chi connectivity index (χ1n) is 10.2. The lowest BCUT2D eigenvalue weighted by atomic mass is 10.2. The Kier molecular flexibility index (Phi) is 5.58. The monoisotopic (exact) mass is 416 g/mol. The van der Waals surface area contributed by atoms with Crippen LogP contribution in [-0.2, 0) is 11.3 Å². The highest BCUT2D eigenvalue weighted by Crippen LogP contribution is 2.23. The van der Waals surface area contributed by atoms with Crippen molar-refractivity contribution in [2.24, 2.45) is 0 Å². The van der Waals surface area contributed by atoms with Gasteiger partial charge in [0.1, 0.15) is 12.3 Å². The van der Waals surface area contributed by atoms with Crippen LogP contribution >= 0.6 is 0 Å². The molecule has 2 aromatic heterocycles. The Morgan fingerprint density at radius 3 is 2.42 bits per heavy atom. The predicted molar refractivity (Wildman–Crippen MR) is 121 cm³/mol. The van der Waals surface area contributed by atoms with Crippen molar-refractivity contribution >= 4 is 22.4 Å². The summed E-state index contributed by atoms with van der Waals surface area (Å²) in [6.45, 7) is 6.37. The molecule has 1 N–H and O–H groups in total. The predicted octanol–water partition coefficient (Wildman–Crippen LogP) is 3.84. The molecule has 7 heteroatoms. The van der Waals surface area contributed by atoms with E-state index in [2.05, 4.69) is 10.4 Å². The fourth-order valence-corrected chi connectivity index (χ4v) is 3.75. The minimum Gasteiger partial charge on any atom is -0.494 e. The molecule has 0 aliphatic rings. The molecule has 1 amide bonds. The van der Waals surface area contributed by atoms with E-state index in [1.807, 2.05) is 67.8 Å². The summed E-state index contributed by atoms with van der Waals surface area (Å²) in [5, 5.41) is 8.56. The first-order chi connectivity index (χ1) is 15.0. The third-order valence-electron chi connectivity index (χ3n) is 5.29. The van der Waals surface area contributed by atoms with Gasteiger partial charge in [0.25, 0.3) is 5.56 Å². The number of fused-ring (bicyclic) bond motifs is 1. The first kappa shape index (κ1) is 20.4. The van der Waals surface area contributed by atoms with Gasteiger partial charge in [-0.1, -0.05) is 18.2 Å². The highest BCUT2D eigenvalue weighted by Gasteiger charge is 2.18. The minimum atomic E-state index is -0.199. The lowest BCUT2D eigenvalue weighted by molar-refractivity contribution is -0.116. The molecule has 0 fully saturated rings. The number of aromatic nitrogens is 3. The number of hydrogen-bond donors (Lipinski definition) is 1. The number of benzene rings is 2. The maximum atomic E-state index is 13.2. The molecule has 0 atom stereocenters. The number of nitrogens with one attached hydrogen (secondary N) is 1. The van der Waals surface area contributed by atoms with E-state index in [1.165, 1.54) is 4.68 Å². The number of ether oxygens (including phenoxy) is 1. The maximum Gasteiger partial charge on any atom is 0.281 e. The Hall–Kier alpha value is -3.87. The second kappa shape index (κ2) is 8.47. The molecule has 0 saturated carbocycles. The molecule has 2 heterocycles. The Balaban J connectivity index is 1.63. The summed E-state index contributed by atoms with van der Waals surface area (Å²) >= 11 is 0. The minimum absolute atomic E-state index is 0.102. The summed E-state index contributed by atoms with van der Waals surface area (Å²) in [7, 11) is 0. The zero-order chi connectivity index (χ0) is 22.0. The topological polar surface area (TPSA) is 78.2 Å². The standard InChI is InChI=1S/C24H24N4O3/c1-4-31-20-12-10-18(11-13-20)26-22(29)15-27-16(2)21-14-25-28(19-8-6-5-7-9-19)24(30)23(21)17(27)3/h5-14H,4,15H2,1-3H3,(H,26,29). The van der Waals surface area contributed by atoms with Gasteiger partial charge in [0, 0.05) is 22.5 Å². The fraction of sp³-hybridized carbons (Fsp3) is 0.208. The van der Waals surface area contributed by atoms with Crippen LogP contribution in [0.15, 0.2) is 65.6 Å². The van der Waals surface area contributed by atoms with Crippen molar-refractivity contribution in [1.82, 2.24) is 14.3 Å². The number of hydrogen-bond acceptors (Lipinski definition) is 4. The number of carbonyl (C=O) groups is 1. The van der Waals surface area contributed by atoms with Gasteiger partial charge in [-0.15, -0.1) is 0 Å². The van der Waals surface area contributed by atoms with Gasteiger partial charge < -0.3 is 14.6 Å². The van der Waals surface area contributed by atoms with Crippen molar-refractivity contribution < 1.29 is 9.53 Å². The zero-order valence-electron chi connectivity index (χ0n) is 17.8. The van der Waals surface area contributed by atoms with Crippen LogP contribution in [-0.4, -0.2) is 26.9 Å². The molecule has 0 radical (unpaired) electrons. The second-order valence-corrected chi connectivity index (χ2v) is 7.25. The third kappa shape index (κ3) is 3.94. The molecule has 0 bridgehead atoms.